The summed E-state index contributed by atoms with van der Waals surface area (Å²) < 4.78 is 5.36. The molecular formula is C17H26N2O3. The van der Waals surface area contributed by atoms with Gasteiger partial charge >= 0.3 is 11.8 Å². The van der Waals surface area contributed by atoms with Crippen molar-refractivity contribution >= 4 is 11.8 Å². The van der Waals surface area contributed by atoms with Crippen molar-refractivity contribution in [1.82, 2.24) is 10.6 Å². The van der Waals surface area contributed by atoms with E-state index in [9.17, 15) is 9.59 Å². The normalized spacial score (nSPS) is 12.0. The van der Waals surface area contributed by atoms with Gasteiger partial charge in [0, 0.05) is 19.7 Å². The first-order valence-corrected chi connectivity index (χ1v) is 7.73. The maximum atomic E-state index is 11.7. The summed E-state index contributed by atoms with van der Waals surface area (Å²) in [4.78, 5) is 23.3. The number of rotatable bonds is 8. The number of carbonyl (C=O) groups is 2. The van der Waals surface area contributed by atoms with Crippen LogP contribution in [-0.2, 0) is 14.3 Å². The average molecular weight is 306 g/mol. The van der Waals surface area contributed by atoms with Gasteiger partial charge in [-0.3, -0.25) is 9.59 Å². The van der Waals surface area contributed by atoms with Crippen molar-refractivity contribution in [2.24, 2.45) is 0 Å². The van der Waals surface area contributed by atoms with Gasteiger partial charge in [-0.2, -0.15) is 0 Å². The third-order valence-electron chi connectivity index (χ3n) is 3.20. The van der Waals surface area contributed by atoms with Crippen LogP contribution >= 0.6 is 0 Å². The molecule has 0 saturated carbocycles. The van der Waals surface area contributed by atoms with Gasteiger partial charge in [0.25, 0.3) is 0 Å². The van der Waals surface area contributed by atoms with Crippen molar-refractivity contribution < 1.29 is 14.3 Å². The minimum atomic E-state index is -0.593. The van der Waals surface area contributed by atoms with Crippen LogP contribution < -0.4 is 10.6 Å². The van der Waals surface area contributed by atoms with E-state index in [2.05, 4.69) is 10.6 Å². The van der Waals surface area contributed by atoms with Gasteiger partial charge < -0.3 is 15.4 Å². The molecule has 0 saturated heterocycles. The molecular weight excluding hydrogens is 280 g/mol. The van der Waals surface area contributed by atoms with Gasteiger partial charge in [-0.1, -0.05) is 37.3 Å². The summed E-state index contributed by atoms with van der Waals surface area (Å²) in [6.45, 7) is 7.38. The quantitative estimate of drug-likeness (QED) is 0.569. The van der Waals surface area contributed by atoms with Gasteiger partial charge in [0.1, 0.15) is 0 Å². The molecule has 0 spiro atoms. The van der Waals surface area contributed by atoms with Crippen molar-refractivity contribution in [3.63, 3.8) is 0 Å². The summed E-state index contributed by atoms with van der Waals surface area (Å²) >= 11 is 0. The molecule has 1 atom stereocenters. The minimum absolute atomic E-state index is 0.164. The van der Waals surface area contributed by atoms with Gasteiger partial charge in [-0.05, 0) is 31.7 Å². The van der Waals surface area contributed by atoms with E-state index >= 15 is 0 Å². The predicted molar refractivity (Wildman–Crippen MR) is 86.6 cm³/mol. The Labute approximate surface area is 132 Å². The van der Waals surface area contributed by atoms with Crippen LogP contribution in [0.3, 0.4) is 0 Å². The second kappa shape index (κ2) is 9.95. The number of nitrogens with one attached hydrogen (secondary N) is 2. The molecule has 0 aliphatic carbocycles. The van der Waals surface area contributed by atoms with Gasteiger partial charge in [-0.15, -0.1) is 0 Å². The smallest absolute Gasteiger partial charge is 0.309 e. The number of hydrogen-bond acceptors (Lipinski definition) is 3. The monoisotopic (exact) mass is 306 g/mol. The summed E-state index contributed by atoms with van der Waals surface area (Å²) in [5, 5.41) is 5.25. The summed E-state index contributed by atoms with van der Waals surface area (Å²) in [7, 11) is 0. The third-order valence-corrected chi connectivity index (χ3v) is 3.20. The van der Waals surface area contributed by atoms with E-state index < -0.39 is 11.8 Å². The van der Waals surface area contributed by atoms with Crippen molar-refractivity contribution in [2.45, 2.75) is 39.2 Å². The Morgan fingerprint density at radius 3 is 2.32 bits per heavy atom. The van der Waals surface area contributed by atoms with E-state index in [0.29, 0.717) is 26.1 Å². The Kier molecular flexibility index (Phi) is 8.22. The Hall–Kier alpha value is -1.88. The third kappa shape index (κ3) is 7.22. The standard InChI is InChI=1S/C17H26N2O3/c1-13(2)22-11-7-10-18-16(20)17(21)19-12-14(3)15-8-5-4-6-9-15/h4-6,8-9,13-14H,7,10-12H2,1-3H3,(H,18,20)(H,19,21). The number of amides is 2. The highest BCUT2D eigenvalue weighted by atomic mass is 16.5. The fourth-order valence-corrected chi connectivity index (χ4v) is 1.90. The van der Waals surface area contributed by atoms with Crippen LogP contribution in [0.1, 0.15) is 38.7 Å². The molecule has 1 aromatic rings. The van der Waals surface area contributed by atoms with E-state index in [1.807, 2.05) is 51.1 Å². The maximum Gasteiger partial charge on any atom is 0.309 e. The topological polar surface area (TPSA) is 67.4 Å². The fraction of sp³-hybridized carbons (Fsp3) is 0.529. The molecule has 2 amide bonds. The molecule has 5 nitrogen and oxygen atoms in total. The number of benzene rings is 1. The fourth-order valence-electron chi connectivity index (χ4n) is 1.90. The van der Waals surface area contributed by atoms with Gasteiger partial charge in [0.05, 0.1) is 6.10 Å². The van der Waals surface area contributed by atoms with E-state index in [-0.39, 0.29) is 12.0 Å². The van der Waals surface area contributed by atoms with Crippen LogP contribution in [-0.4, -0.2) is 37.6 Å². The van der Waals surface area contributed by atoms with E-state index in [1.54, 1.807) is 0 Å². The van der Waals surface area contributed by atoms with Crippen LogP contribution in [0, 0.1) is 0 Å². The molecule has 122 valence electrons. The number of ether oxygens (including phenoxy) is 1. The second-order valence-electron chi connectivity index (χ2n) is 5.55. The van der Waals surface area contributed by atoms with Crippen molar-refractivity contribution in [3.05, 3.63) is 35.9 Å². The molecule has 2 N–H and O–H groups in total. The Bertz CT molecular complexity index is 460. The Balaban J connectivity index is 2.20. The molecule has 1 rings (SSSR count). The van der Waals surface area contributed by atoms with Crippen molar-refractivity contribution in [1.29, 1.82) is 0 Å². The molecule has 0 aliphatic rings. The van der Waals surface area contributed by atoms with Crippen molar-refractivity contribution in [3.8, 4) is 0 Å². The van der Waals surface area contributed by atoms with E-state index in [4.69, 9.17) is 4.74 Å². The Morgan fingerprint density at radius 2 is 1.68 bits per heavy atom. The van der Waals surface area contributed by atoms with Crippen LogP contribution in [0.2, 0.25) is 0 Å². The van der Waals surface area contributed by atoms with Crippen LogP contribution in [0.4, 0.5) is 0 Å². The van der Waals surface area contributed by atoms with Crippen LogP contribution in [0.25, 0.3) is 0 Å². The second-order valence-corrected chi connectivity index (χ2v) is 5.55. The highest BCUT2D eigenvalue weighted by Crippen LogP contribution is 2.12. The first-order chi connectivity index (χ1) is 10.5. The molecule has 0 bridgehead atoms. The average Bonchev–Trinajstić information content (AvgIpc) is 2.52. The summed E-state index contributed by atoms with van der Waals surface area (Å²) in [5.74, 6) is -1.02. The van der Waals surface area contributed by atoms with Crippen molar-refractivity contribution in [2.75, 3.05) is 19.7 Å². The molecule has 22 heavy (non-hydrogen) atoms. The van der Waals surface area contributed by atoms with E-state index in [0.717, 1.165) is 5.56 Å². The summed E-state index contributed by atoms with van der Waals surface area (Å²) in [6.07, 6.45) is 0.871. The van der Waals surface area contributed by atoms with Crippen LogP contribution in [0.15, 0.2) is 30.3 Å². The van der Waals surface area contributed by atoms with Gasteiger partial charge in [0.2, 0.25) is 0 Å². The molecule has 1 unspecified atom stereocenters. The molecule has 0 fully saturated rings. The minimum Gasteiger partial charge on any atom is -0.379 e. The largest absolute Gasteiger partial charge is 0.379 e. The maximum absolute atomic E-state index is 11.7. The zero-order valence-corrected chi connectivity index (χ0v) is 13.6. The molecule has 1 aromatic carbocycles. The van der Waals surface area contributed by atoms with Gasteiger partial charge in [0.15, 0.2) is 0 Å². The predicted octanol–water partition coefficient (Wildman–Crippen LogP) is 1.84. The summed E-state index contributed by atoms with van der Waals surface area (Å²) in [5.41, 5.74) is 1.13. The van der Waals surface area contributed by atoms with Crippen LogP contribution in [0.5, 0.6) is 0 Å². The lowest BCUT2D eigenvalue weighted by Gasteiger charge is -2.13. The first-order valence-electron chi connectivity index (χ1n) is 7.73. The van der Waals surface area contributed by atoms with E-state index in [1.165, 1.54) is 0 Å². The first kappa shape index (κ1) is 18.2. The zero-order chi connectivity index (χ0) is 16.4. The number of carbonyl (C=O) groups excluding carboxylic acids is 2. The summed E-state index contributed by atoms with van der Waals surface area (Å²) in [6, 6.07) is 9.88. The molecule has 0 radical (unpaired) electrons. The lowest BCUT2D eigenvalue weighted by molar-refractivity contribution is -0.139. The Morgan fingerprint density at radius 1 is 1.05 bits per heavy atom. The SMILES string of the molecule is CC(C)OCCCNC(=O)C(=O)NCC(C)c1ccccc1. The number of hydrogen-bond donors (Lipinski definition) is 2. The zero-order valence-electron chi connectivity index (χ0n) is 13.6. The lowest BCUT2D eigenvalue weighted by atomic mass is 10.0. The molecule has 5 heteroatoms. The molecule has 0 aromatic heterocycles. The highest BCUT2D eigenvalue weighted by Gasteiger charge is 2.14. The van der Waals surface area contributed by atoms with Gasteiger partial charge in [-0.25, -0.2) is 0 Å². The lowest BCUT2D eigenvalue weighted by Crippen LogP contribution is -2.41. The highest BCUT2D eigenvalue weighted by molar-refractivity contribution is 6.35. The molecule has 0 heterocycles. The molecule has 0 aliphatic heterocycles.